The Morgan fingerprint density at radius 2 is 2.00 bits per heavy atom. The molecule has 3 N–H and O–H groups in total. The molecule has 1 aromatic carbocycles. The summed E-state index contributed by atoms with van der Waals surface area (Å²) >= 11 is 0. The summed E-state index contributed by atoms with van der Waals surface area (Å²) in [6, 6.07) is 9.68. The van der Waals surface area contributed by atoms with Crippen LogP contribution in [0.1, 0.15) is 6.92 Å². The fraction of sp³-hybridized carbons (Fsp3) is 0.167. The average Bonchev–Trinajstić information content (AvgIpc) is 2.36. The lowest BCUT2D eigenvalue weighted by Crippen LogP contribution is -2.04. The van der Waals surface area contributed by atoms with Gasteiger partial charge in [0.2, 0.25) is 5.88 Å². The number of aromatic nitrogens is 2. The van der Waals surface area contributed by atoms with E-state index in [2.05, 4.69) is 15.3 Å². The third kappa shape index (κ3) is 2.63. The van der Waals surface area contributed by atoms with E-state index in [0.29, 0.717) is 24.0 Å². The molecule has 0 fully saturated rings. The van der Waals surface area contributed by atoms with E-state index < -0.39 is 0 Å². The Hall–Kier alpha value is -2.30. The molecule has 2 rings (SSSR count). The Bertz CT molecular complexity index is 487. The monoisotopic (exact) mass is 230 g/mol. The van der Waals surface area contributed by atoms with Gasteiger partial charge in [0.25, 0.3) is 0 Å². The topological polar surface area (TPSA) is 73.1 Å². The Morgan fingerprint density at radius 1 is 1.24 bits per heavy atom. The first-order chi connectivity index (χ1) is 8.31. The number of para-hydroxylation sites is 1. The van der Waals surface area contributed by atoms with Gasteiger partial charge in [0.15, 0.2) is 5.82 Å². The SMILES string of the molecule is CCOc1ncnc(Nc2ccccc2)c1N. The average molecular weight is 230 g/mol. The van der Waals surface area contributed by atoms with Gasteiger partial charge in [0.05, 0.1) is 6.61 Å². The van der Waals surface area contributed by atoms with E-state index >= 15 is 0 Å². The third-order valence-corrected chi connectivity index (χ3v) is 2.16. The molecule has 0 aliphatic rings. The Morgan fingerprint density at radius 3 is 2.71 bits per heavy atom. The maximum absolute atomic E-state index is 5.90. The van der Waals surface area contributed by atoms with Crippen molar-refractivity contribution >= 4 is 17.2 Å². The number of anilines is 3. The van der Waals surface area contributed by atoms with Gasteiger partial charge < -0.3 is 15.8 Å². The van der Waals surface area contributed by atoms with Crippen LogP contribution in [0, 0.1) is 0 Å². The Labute approximate surface area is 99.7 Å². The van der Waals surface area contributed by atoms with Crippen LogP contribution in [0.4, 0.5) is 17.2 Å². The molecule has 0 saturated carbocycles. The largest absolute Gasteiger partial charge is 0.476 e. The van der Waals surface area contributed by atoms with Gasteiger partial charge in [-0.2, -0.15) is 4.98 Å². The van der Waals surface area contributed by atoms with Gasteiger partial charge in [-0.1, -0.05) is 18.2 Å². The molecule has 1 aromatic heterocycles. The van der Waals surface area contributed by atoms with Gasteiger partial charge >= 0.3 is 0 Å². The van der Waals surface area contributed by atoms with Crippen molar-refractivity contribution in [3.05, 3.63) is 36.7 Å². The molecular weight excluding hydrogens is 216 g/mol. The summed E-state index contributed by atoms with van der Waals surface area (Å²) in [6.07, 6.45) is 1.42. The van der Waals surface area contributed by atoms with Crippen molar-refractivity contribution in [2.75, 3.05) is 17.7 Å². The standard InChI is InChI=1S/C12H14N4O/c1-2-17-12-10(13)11(14-8-15-12)16-9-6-4-3-5-7-9/h3-8H,2,13H2,1H3,(H,14,15,16). The number of nitrogens with two attached hydrogens (primary N) is 1. The number of benzene rings is 1. The molecule has 0 aliphatic heterocycles. The minimum Gasteiger partial charge on any atom is -0.476 e. The fourth-order valence-electron chi connectivity index (χ4n) is 1.39. The zero-order valence-electron chi connectivity index (χ0n) is 9.55. The number of nitrogens with one attached hydrogen (secondary N) is 1. The van der Waals surface area contributed by atoms with Crippen molar-refractivity contribution in [2.45, 2.75) is 6.92 Å². The highest BCUT2D eigenvalue weighted by molar-refractivity contribution is 5.71. The van der Waals surface area contributed by atoms with Gasteiger partial charge in [-0.25, -0.2) is 4.98 Å². The molecule has 0 aliphatic carbocycles. The summed E-state index contributed by atoms with van der Waals surface area (Å²) in [4.78, 5) is 8.06. The molecule has 17 heavy (non-hydrogen) atoms. The van der Waals surface area contributed by atoms with E-state index in [1.165, 1.54) is 6.33 Å². The maximum atomic E-state index is 5.90. The van der Waals surface area contributed by atoms with Crippen LogP contribution in [0.15, 0.2) is 36.7 Å². The number of hydrogen-bond donors (Lipinski definition) is 2. The Balaban J connectivity index is 2.24. The second-order valence-electron chi connectivity index (χ2n) is 3.37. The first-order valence-corrected chi connectivity index (χ1v) is 5.36. The lowest BCUT2D eigenvalue weighted by Gasteiger charge is -2.10. The highest BCUT2D eigenvalue weighted by atomic mass is 16.5. The molecular formula is C12H14N4O. The van der Waals surface area contributed by atoms with Crippen molar-refractivity contribution in [1.82, 2.24) is 9.97 Å². The van der Waals surface area contributed by atoms with Crippen LogP contribution < -0.4 is 15.8 Å². The predicted octanol–water partition coefficient (Wildman–Crippen LogP) is 2.20. The summed E-state index contributed by atoms with van der Waals surface area (Å²) in [7, 11) is 0. The molecule has 2 aromatic rings. The quantitative estimate of drug-likeness (QED) is 0.842. The number of ether oxygens (including phenoxy) is 1. The molecule has 0 bridgehead atoms. The number of nitrogen functional groups attached to an aromatic ring is 1. The summed E-state index contributed by atoms with van der Waals surface area (Å²) in [5, 5.41) is 3.11. The zero-order chi connectivity index (χ0) is 12.1. The lowest BCUT2D eigenvalue weighted by atomic mass is 10.3. The summed E-state index contributed by atoms with van der Waals surface area (Å²) in [6.45, 7) is 2.40. The highest BCUT2D eigenvalue weighted by Gasteiger charge is 2.08. The molecule has 0 amide bonds. The lowest BCUT2D eigenvalue weighted by molar-refractivity contribution is 0.328. The van der Waals surface area contributed by atoms with Crippen molar-refractivity contribution in [1.29, 1.82) is 0 Å². The van der Waals surface area contributed by atoms with E-state index in [4.69, 9.17) is 10.5 Å². The molecule has 0 radical (unpaired) electrons. The molecule has 1 heterocycles. The van der Waals surface area contributed by atoms with Crippen LogP contribution in [0.2, 0.25) is 0 Å². The summed E-state index contributed by atoms with van der Waals surface area (Å²) in [5.41, 5.74) is 7.24. The first-order valence-electron chi connectivity index (χ1n) is 5.36. The van der Waals surface area contributed by atoms with Gasteiger partial charge in [-0.3, -0.25) is 0 Å². The van der Waals surface area contributed by atoms with Crippen LogP contribution in [-0.4, -0.2) is 16.6 Å². The molecule has 0 unspecified atom stereocenters. The molecule has 5 nitrogen and oxygen atoms in total. The van der Waals surface area contributed by atoms with E-state index in [0.717, 1.165) is 5.69 Å². The summed E-state index contributed by atoms with van der Waals surface area (Å²) < 4.78 is 5.30. The third-order valence-electron chi connectivity index (χ3n) is 2.16. The van der Waals surface area contributed by atoms with E-state index in [9.17, 15) is 0 Å². The second kappa shape index (κ2) is 5.16. The zero-order valence-corrected chi connectivity index (χ0v) is 9.55. The van der Waals surface area contributed by atoms with Crippen LogP contribution in [0.5, 0.6) is 5.88 Å². The van der Waals surface area contributed by atoms with Gasteiger partial charge in [0, 0.05) is 5.69 Å². The van der Waals surface area contributed by atoms with E-state index in [1.807, 2.05) is 37.3 Å². The fourth-order valence-corrected chi connectivity index (χ4v) is 1.39. The second-order valence-corrected chi connectivity index (χ2v) is 3.37. The van der Waals surface area contributed by atoms with Crippen LogP contribution in [-0.2, 0) is 0 Å². The van der Waals surface area contributed by atoms with Crippen LogP contribution in [0.3, 0.4) is 0 Å². The smallest absolute Gasteiger partial charge is 0.242 e. The van der Waals surface area contributed by atoms with Gasteiger partial charge in [-0.15, -0.1) is 0 Å². The molecule has 88 valence electrons. The molecule has 5 heteroatoms. The number of nitrogens with zero attached hydrogens (tertiary/aromatic N) is 2. The minimum absolute atomic E-state index is 0.404. The van der Waals surface area contributed by atoms with Crippen molar-refractivity contribution in [2.24, 2.45) is 0 Å². The summed E-state index contributed by atoms with van der Waals surface area (Å²) in [5.74, 6) is 0.954. The molecule has 0 spiro atoms. The normalized spacial score (nSPS) is 9.94. The van der Waals surface area contributed by atoms with Gasteiger partial charge in [-0.05, 0) is 19.1 Å². The van der Waals surface area contributed by atoms with E-state index in [1.54, 1.807) is 0 Å². The Kier molecular flexibility index (Phi) is 3.40. The van der Waals surface area contributed by atoms with E-state index in [-0.39, 0.29) is 0 Å². The van der Waals surface area contributed by atoms with Crippen molar-refractivity contribution in [3.63, 3.8) is 0 Å². The van der Waals surface area contributed by atoms with Crippen LogP contribution in [0.25, 0.3) is 0 Å². The predicted molar refractivity (Wildman–Crippen MR) is 67.3 cm³/mol. The first kappa shape index (κ1) is 11.2. The van der Waals surface area contributed by atoms with Crippen molar-refractivity contribution in [3.8, 4) is 5.88 Å². The van der Waals surface area contributed by atoms with Crippen molar-refractivity contribution < 1.29 is 4.74 Å². The van der Waals surface area contributed by atoms with Gasteiger partial charge in [0.1, 0.15) is 12.0 Å². The van der Waals surface area contributed by atoms with Crippen LogP contribution >= 0.6 is 0 Å². The number of hydrogen-bond acceptors (Lipinski definition) is 5. The molecule has 0 atom stereocenters. The highest BCUT2D eigenvalue weighted by Crippen LogP contribution is 2.26. The molecule has 0 saturated heterocycles. The number of rotatable bonds is 4. The maximum Gasteiger partial charge on any atom is 0.242 e. The minimum atomic E-state index is 0.404.